The van der Waals surface area contributed by atoms with Gasteiger partial charge in [-0.05, 0) is 45.6 Å². The van der Waals surface area contributed by atoms with Crippen molar-refractivity contribution in [2.24, 2.45) is 0 Å². The summed E-state index contributed by atoms with van der Waals surface area (Å²) in [6.45, 7) is 7.69. The van der Waals surface area contributed by atoms with E-state index in [1.807, 2.05) is 39.0 Å². The zero-order chi connectivity index (χ0) is 13.3. The number of rotatable bonds is 7. The van der Waals surface area contributed by atoms with Crippen LogP contribution in [-0.4, -0.2) is 17.9 Å². The predicted molar refractivity (Wildman–Crippen MR) is 72.8 cm³/mol. The number of aliphatic hydroxyl groups is 1. The molecule has 0 saturated carbocycles. The Morgan fingerprint density at radius 2 is 2.00 bits per heavy atom. The third-order valence-corrected chi connectivity index (χ3v) is 2.81. The van der Waals surface area contributed by atoms with Crippen molar-refractivity contribution in [2.45, 2.75) is 53.1 Å². The highest BCUT2D eigenvalue weighted by Crippen LogP contribution is 2.19. The minimum atomic E-state index is -0.550. The molecule has 0 aliphatic rings. The van der Waals surface area contributed by atoms with Gasteiger partial charge in [-0.1, -0.05) is 36.3 Å². The molecule has 1 atom stereocenters. The van der Waals surface area contributed by atoms with Gasteiger partial charge in [0.2, 0.25) is 0 Å². The molecule has 0 radical (unpaired) electrons. The Morgan fingerprint density at radius 1 is 1.35 bits per heavy atom. The SMILES string of the molecule is C\C=C/C(C)=C\C(=C(/C)CC)C(O)CCCF. The van der Waals surface area contributed by atoms with E-state index in [-0.39, 0.29) is 6.67 Å². The summed E-state index contributed by atoms with van der Waals surface area (Å²) >= 11 is 0. The molecule has 17 heavy (non-hydrogen) atoms. The first kappa shape index (κ1) is 16.1. The van der Waals surface area contributed by atoms with Gasteiger partial charge in [-0.15, -0.1) is 0 Å². The maximum atomic E-state index is 12.1. The van der Waals surface area contributed by atoms with Crippen molar-refractivity contribution < 1.29 is 9.50 Å². The Kier molecular flexibility index (Phi) is 8.69. The van der Waals surface area contributed by atoms with Crippen LogP contribution in [0.1, 0.15) is 47.0 Å². The minimum absolute atomic E-state index is 0.368. The Bertz CT molecular complexity index is 300. The molecule has 98 valence electrons. The van der Waals surface area contributed by atoms with Gasteiger partial charge in [-0.25, -0.2) is 0 Å². The van der Waals surface area contributed by atoms with Gasteiger partial charge >= 0.3 is 0 Å². The van der Waals surface area contributed by atoms with E-state index in [4.69, 9.17) is 0 Å². The van der Waals surface area contributed by atoms with E-state index in [1.54, 1.807) is 0 Å². The monoisotopic (exact) mass is 240 g/mol. The molecule has 0 aromatic carbocycles. The molecule has 0 aromatic heterocycles. The van der Waals surface area contributed by atoms with Crippen molar-refractivity contribution in [1.82, 2.24) is 0 Å². The number of hydrogen-bond acceptors (Lipinski definition) is 1. The maximum Gasteiger partial charge on any atom is 0.0895 e. The summed E-state index contributed by atoms with van der Waals surface area (Å²) in [5.41, 5.74) is 3.21. The molecule has 2 heteroatoms. The van der Waals surface area contributed by atoms with Crippen LogP contribution in [0.4, 0.5) is 4.39 Å². The van der Waals surface area contributed by atoms with Gasteiger partial charge in [0.25, 0.3) is 0 Å². The molecule has 1 N–H and O–H groups in total. The Morgan fingerprint density at radius 3 is 2.47 bits per heavy atom. The predicted octanol–water partition coefficient (Wildman–Crippen LogP) is 4.35. The average Bonchev–Trinajstić information content (AvgIpc) is 2.32. The molecule has 1 unspecified atom stereocenters. The van der Waals surface area contributed by atoms with Crippen LogP contribution in [-0.2, 0) is 0 Å². The van der Waals surface area contributed by atoms with Gasteiger partial charge < -0.3 is 5.11 Å². The number of hydrogen-bond donors (Lipinski definition) is 1. The highest BCUT2D eigenvalue weighted by atomic mass is 19.1. The van der Waals surface area contributed by atoms with Crippen LogP contribution in [0.5, 0.6) is 0 Å². The number of halogens is 1. The van der Waals surface area contributed by atoms with E-state index in [0.717, 1.165) is 17.6 Å². The lowest BCUT2D eigenvalue weighted by Gasteiger charge is -2.15. The van der Waals surface area contributed by atoms with Crippen molar-refractivity contribution in [3.05, 3.63) is 34.9 Å². The first-order valence-corrected chi connectivity index (χ1v) is 6.31. The summed E-state index contributed by atoms with van der Waals surface area (Å²) in [5, 5.41) is 10.1. The number of alkyl halides is 1. The maximum absolute atomic E-state index is 12.1. The van der Waals surface area contributed by atoms with Crippen LogP contribution in [0, 0.1) is 0 Å². The summed E-state index contributed by atoms with van der Waals surface area (Å²) in [6.07, 6.45) is 7.24. The fourth-order valence-electron chi connectivity index (χ4n) is 1.69. The Balaban J connectivity index is 4.97. The van der Waals surface area contributed by atoms with E-state index in [9.17, 15) is 9.50 Å². The molecule has 0 fully saturated rings. The molecule has 0 spiro atoms. The van der Waals surface area contributed by atoms with Crippen molar-refractivity contribution in [2.75, 3.05) is 6.67 Å². The van der Waals surface area contributed by atoms with Gasteiger partial charge in [0.15, 0.2) is 0 Å². The fourth-order valence-corrected chi connectivity index (χ4v) is 1.69. The Labute approximate surface area is 105 Å². The highest BCUT2D eigenvalue weighted by molar-refractivity contribution is 5.34. The molecule has 0 amide bonds. The molecule has 0 bridgehead atoms. The van der Waals surface area contributed by atoms with Crippen LogP contribution in [0.25, 0.3) is 0 Å². The molecular weight excluding hydrogens is 215 g/mol. The number of aliphatic hydroxyl groups excluding tert-OH is 1. The molecule has 0 aliphatic carbocycles. The van der Waals surface area contributed by atoms with Crippen molar-refractivity contribution >= 4 is 0 Å². The quantitative estimate of drug-likeness (QED) is 0.656. The van der Waals surface area contributed by atoms with Crippen molar-refractivity contribution in [1.29, 1.82) is 0 Å². The van der Waals surface area contributed by atoms with E-state index < -0.39 is 6.10 Å². The van der Waals surface area contributed by atoms with Gasteiger partial charge in [0.1, 0.15) is 0 Å². The third kappa shape index (κ3) is 6.42. The summed E-state index contributed by atoms with van der Waals surface area (Å²) in [6, 6.07) is 0. The van der Waals surface area contributed by atoms with Crippen LogP contribution in [0.15, 0.2) is 34.9 Å². The molecule has 0 aliphatic heterocycles. The van der Waals surface area contributed by atoms with E-state index in [1.165, 1.54) is 5.57 Å². The smallest absolute Gasteiger partial charge is 0.0895 e. The number of allylic oxidation sites excluding steroid dienone is 4. The van der Waals surface area contributed by atoms with Crippen LogP contribution in [0.3, 0.4) is 0 Å². The second-order valence-electron chi connectivity index (χ2n) is 4.32. The third-order valence-electron chi connectivity index (χ3n) is 2.81. The Hall–Kier alpha value is -0.890. The average molecular weight is 240 g/mol. The fraction of sp³-hybridized carbons (Fsp3) is 0.600. The van der Waals surface area contributed by atoms with E-state index >= 15 is 0 Å². The van der Waals surface area contributed by atoms with Gasteiger partial charge in [0, 0.05) is 0 Å². The van der Waals surface area contributed by atoms with E-state index in [2.05, 4.69) is 6.92 Å². The lowest BCUT2D eigenvalue weighted by Crippen LogP contribution is -2.11. The second-order valence-corrected chi connectivity index (χ2v) is 4.32. The lowest BCUT2D eigenvalue weighted by molar-refractivity contribution is 0.195. The molecule has 0 heterocycles. The largest absolute Gasteiger partial charge is 0.388 e. The molecule has 1 nitrogen and oxygen atoms in total. The molecule has 0 aromatic rings. The van der Waals surface area contributed by atoms with Gasteiger partial charge in [-0.2, -0.15) is 0 Å². The summed E-state index contributed by atoms with van der Waals surface area (Å²) < 4.78 is 12.1. The summed E-state index contributed by atoms with van der Waals surface area (Å²) in [4.78, 5) is 0. The second kappa shape index (κ2) is 9.17. The zero-order valence-electron chi connectivity index (χ0n) is 11.5. The first-order chi connectivity index (χ1) is 8.06. The van der Waals surface area contributed by atoms with Crippen LogP contribution < -0.4 is 0 Å². The molecule has 0 saturated heterocycles. The van der Waals surface area contributed by atoms with Gasteiger partial charge in [-0.3, -0.25) is 4.39 Å². The zero-order valence-corrected chi connectivity index (χ0v) is 11.5. The molecular formula is C15H25FO. The summed E-state index contributed by atoms with van der Waals surface area (Å²) in [5.74, 6) is 0. The van der Waals surface area contributed by atoms with Crippen molar-refractivity contribution in [3.8, 4) is 0 Å². The highest BCUT2D eigenvalue weighted by Gasteiger charge is 2.11. The van der Waals surface area contributed by atoms with Crippen LogP contribution >= 0.6 is 0 Å². The summed E-state index contributed by atoms with van der Waals surface area (Å²) in [7, 11) is 0. The van der Waals surface area contributed by atoms with Crippen LogP contribution in [0.2, 0.25) is 0 Å². The normalized spacial score (nSPS) is 16.2. The standard InChI is InChI=1S/C15H25FO/c1-5-8-12(3)11-14(13(4)6-2)15(17)9-7-10-16/h5,8,11,15,17H,6-7,9-10H2,1-4H3/b8-5-,12-11-,14-13-. The van der Waals surface area contributed by atoms with Crippen molar-refractivity contribution in [3.63, 3.8) is 0 Å². The van der Waals surface area contributed by atoms with E-state index in [0.29, 0.717) is 12.8 Å². The lowest BCUT2D eigenvalue weighted by atomic mass is 9.96. The van der Waals surface area contributed by atoms with Gasteiger partial charge in [0.05, 0.1) is 12.8 Å². The molecule has 0 rings (SSSR count). The first-order valence-electron chi connectivity index (χ1n) is 6.31. The topological polar surface area (TPSA) is 20.2 Å². The minimum Gasteiger partial charge on any atom is -0.388 e.